The van der Waals surface area contributed by atoms with E-state index < -0.39 is 0 Å². The van der Waals surface area contributed by atoms with Gasteiger partial charge in [-0.2, -0.15) is 5.10 Å². The first-order valence-corrected chi connectivity index (χ1v) is 8.98. The fourth-order valence-corrected chi connectivity index (χ4v) is 3.17. The van der Waals surface area contributed by atoms with Gasteiger partial charge in [0.2, 0.25) is 0 Å². The van der Waals surface area contributed by atoms with Gasteiger partial charge in [-0.05, 0) is 38.0 Å². The number of amides is 2. The molecule has 4 rings (SSSR count). The Kier molecular flexibility index (Phi) is 4.39. The Morgan fingerprint density at radius 1 is 1.26 bits per heavy atom. The highest BCUT2D eigenvalue weighted by Gasteiger charge is 2.28. The lowest BCUT2D eigenvalue weighted by Crippen LogP contribution is -2.34. The van der Waals surface area contributed by atoms with E-state index in [2.05, 4.69) is 15.7 Å². The molecule has 0 bridgehead atoms. The fraction of sp³-hybridized carbons (Fsp3) is 0.368. The number of pyridine rings is 1. The lowest BCUT2D eigenvalue weighted by molar-refractivity contribution is 0.0911. The number of nitrogens with one attached hydrogen (secondary N) is 2. The zero-order chi connectivity index (χ0) is 19.0. The molecule has 0 saturated heterocycles. The monoisotopic (exact) mass is 367 g/mol. The predicted molar refractivity (Wildman–Crippen MR) is 98.6 cm³/mol. The molecule has 2 N–H and O–H groups in total. The highest BCUT2D eigenvalue weighted by atomic mass is 16.3. The summed E-state index contributed by atoms with van der Waals surface area (Å²) in [5.74, 6) is 0.188. The van der Waals surface area contributed by atoms with E-state index in [-0.39, 0.29) is 17.6 Å². The fourth-order valence-electron chi connectivity index (χ4n) is 3.17. The standard InChI is InChI=1S/C19H21N5O3/c1-11-16-13(10-14(12-5-6-12)22-17(16)24(2)23-11)18(25)20-7-8-21-19(26)15-4-3-9-27-15/h3-4,9-10,12H,5-8H2,1-2H3,(H,20,25)(H,21,26). The number of aromatic nitrogens is 3. The first-order chi connectivity index (χ1) is 13.0. The average molecular weight is 367 g/mol. The van der Waals surface area contributed by atoms with E-state index in [1.807, 2.05) is 20.0 Å². The van der Waals surface area contributed by atoms with Gasteiger partial charge in [0.05, 0.1) is 22.9 Å². The minimum Gasteiger partial charge on any atom is -0.459 e. The molecule has 8 heteroatoms. The summed E-state index contributed by atoms with van der Waals surface area (Å²) in [5, 5.41) is 10.8. The molecule has 140 valence electrons. The number of carbonyl (C=O) groups excluding carboxylic acids is 2. The van der Waals surface area contributed by atoms with Crippen molar-refractivity contribution in [1.29, 1.82) is 0 Å². The summed E-state index contributed by atoms with van der Waals surface area (Å²) in [5.41, 5.74) is 3.04. The van der Waals surface area contributed by atoms with E-state index in [1.165, 1.54) is 6.26 Å². The minimum atomic E-state index is -0.306. The SMILES string of the molecule is Cc1nn(C)c2nc(C3CC3)cc(C(=O)NCCNC(=O)c3ccco3)c12. The summed E-state index contributed by atoms with van der Waals surface area (Å²) in [7, 11) is 1.84. The van der Waals surface area contributed by atoms with Crippen molar-refractivity contribution >= 4 is 22.8 Å². The summed E-state index contributed by atoms with van der Waals surface area (Å²) >= 11 is 0. The first-order valence-electron chi connectivity index (χ1n) is 8.98. The molecule has 0 atom stereocenters. The van der Waals surface area contributed by atoms with E-state index in [9.17, 15) is 9.59 Å². The molecule has 8 nitrogen and oxygen atoms in total. The summed E-state index contributed by atoms with van der Waals surface area (Å²) in [6.07, 6.45) is 3.66. The number of furan rings is 1. The van der Waals surface area contributed by atoms with Gasteiger partial charge in [-0.3, -0.25) is 14.3 Å². The van der Waals surface area contributed by atoms with Crippen molar-refractivity contribution in [3.63, 3.8) is 0 Å². The van der Waals surface area contributed by atoms with Crippen LogP contribution in [0.25, 0.3) is 11.0 Å². The Labute approximate surface area is 155 Å². The first kappa shape index (κ1) is 17.3. The number of aryl methyl sites for hydroxylation is 2. The van der Waals surface area contributed by atoms with Crippen molar-refractivity contribution in [3.05, 3.63) is 47.2 Å². The second-order valence-electron chi connectivity index (χ2n) is 6.77. The Balaban J connectivity index is 1.46. The van der Waals surface area contributed by atoms with E-state index >= 15 is 0 Å². The van der Waals surface area contributed by atoms with E-state index in [0.717, 1.165) is 35.3 Å². The quantitative estimate of drug-likeness (QED) is 0.648. The van der Waals surface area contributed by atoms with Gasteiger partial charge in [0.1, 0.15) is 0 Å². The van der Waals surface area contributed by atoms with E-state index in [1.54, 1.807) is 16.8 Å². The lowest BCUT2D eigenvalue weighted by Gasteiger charge is -2.09. The number of carbonyl (C=O) groups is 2. The van der Waals surface area contributed by atoms with E-state index in [4.69, 9.17) is 9.40 Å². The molecule has 1 fully saturated rings. The summed E-state index contributed by atoms with van der Waals surface area (Å²) in [4.78, 5) is 29.3. The van der Waals surface area contributed by atoms with Crippen LogP contribution < -0.4 is 10.6 Å². The Hall–Kier alpha value is -3.16. The number of hydrogen-bond acceptors (Lipinski definition) is 5. The number of hydrogen-bond donors (Lipinski definition) is 2. The topological polar surface area (TPSA) is 102 Å². The third-order valence-electron chi connectivity index (χ3n) is 4.67. The van der Waals surface area contributed by atoms with E-state index in [0.29, 0.717) is 24.6 Å². The summed E-state index contributed by atoms with van der Waals surface area (Å²) in [6.45, 7) is 2.50. The Morgan fingerprint density at radius 2 is 2.00 bits per heavy atom. The second kappa shape index (κ2) is 6.86. The number of rotatable bonds is 6. The highest BCUT2D eigenvalue weighted by molar-refractivity contribution is 6.06. The van der Waals surface area contributed by atoms with Crippen molar-refractivity contribution < 1.29 is 14.0 Å². The predicted octanol–water partition coefficient (Wildman–Crippen LogP) is 1.91. The van der Waals surface area contributed by atoms with Gasteiger partial charge in [-0.15, -0.1) is 0 Å². The zero-order valence-corrected chi connectivity index (χ0v) is 15.3. The molecule has 1 aliphatic carbocycles. The third kappa shape index (κ3) is 3.42. The van der Waals surface area contributed by atoms with Crippen LogP contribution in [-0.4, -0.2) is 39.7 Å². The van der Waals surface area contributed by atoms with Gasteiger partial charge in [0.15, 0.2) is 11.4 Å². The molecular weight excluding hydrogens is 346 g/mol. The molecule has 0 spiro atoms. The third-order valence-corrected chi connectivity index (χ3v) is 4.67. The minimum absolute atomic E-state index is 0.187. The molecule has 1 aliphatic rings. The van der Waals surface area contributed by atoms with Gasteiger partial charge < -0.3 is 15.1 Å². The van der Waals surface area contributed by atoms with Crippen LogP contribution in [0.4, 0.5) is 0 Å². The smallest absolute Gasteiger partial charge is 0.287 e. The molecule has 1 saturated carbocycles. The van der Waals surface area contributed by atoms with Gasteiger partial charge in [-0.25, -0.2) is 4.98 Å². The van der Waals surface area contributed by atoms with Gasteiger partial charge in [0.25, 0.3) is 11.8 Å². The van der Waals surface area contributed by atoms with Gasteiger partial charge in [0, 0.05) is 31.7 Å². The summed E-state index contributed by atoms with van der Waals surface area (Å²) < 4.78 is 6.75. The van der Waals surface area contributed by atoms with Crippen molar-refractivity contribution in [2.24, 2.45) is 7.05 Å². The number of fused-ring (bicyclic) bond motifs is 1. The molecule has 0 unspecified atom stereocenters. The molecule has 3 aromatic rings. The highest BCUT2D eigenvalue weighted by Crippen LogP contribution is 2.40. The lowest BCUT2D eigenvalue weighted by atomic mass is 10.1. The van der Waals surface area contributed by atoms with Crippen LogP contribution in [-0.2, 0) is 7.05 Å². The van der Waals surface area contributed by atoms with Gasteiger partial charge >= 0.3 is 0 Å². The van der Waals surface area contributed by atoms with Gasteiger partial charge in [-0.1, -0.05) is 0 Å². The van der Waals surface area contributed by atoms with Crippen LogP contribution >= 0.6 is 0 Å². The molecule has 0 aromatic carbocycles. The van der Waals surface area contributed by atoms with Crippen LogP contribution in [0.1, 0.15) is 51.1 Å². The second-order valence-corrected chi connectivity index (χ2v) is 6.77. The van der Waals surface area contributed by atoms with Crippen molar-refractivity contribution in [1.82, 2.24) is 25.4 Å². The van der Waals surface area contributed by atoms with Crippen LogP contribution in [0.2, 0.25) is 0 Å². The molecular formula is C19H21N5O3. The van der Waals surface area contributed by atoms with Crippen LogP contribution in [0, 0.1) is 6.92 Å². The zero-order valence-electron chi connectivity index (χ0n) is 15.3. The molecule has 3 heterocycles. The van der Waals surface area contributed by atoms with Crippen LogP contribution in [0.3, 0.4) is 0 Å². The molecule has 2 amide bonds. The molecule has 0 aliphatic heterocycles. The maximum Gasteiger partial charge on any atom is 0.287 e. The van der Waals surface area contributed by atoms with Crippen molar-refractivity contribution in [2.75, 3.05) is 13.1 Å². The molecule has 0 radical (unpaired) electrons. The van der Waals surface area contributed by atoms with Crippen molar-refractivity contribution in [2.45, 2.75) is 25.7 Å². The summed E-state index contributed by atoms with van der Waals surface area (Å²) in [6, 6.07) is 5.12. The Morgan fingerprint density at radius 3 is 2.67 bits per heavy atom. The largest absolute Gasteiger partial charge is 0.459 e. The Bertz CT molecular complexity index is 1000. The van der Waals surface area contributed by atoms with Crippen molar-refractivity contribution in [3.8, 4) is 0 Å². The average Bonchev–Trinajstić information content (AvgIpc) is 3.28. The molecule has 3 aromatic heterocycles. The van der Waals surface area contributed by atoms with Crippen LogP contribution in [0.5, 0.6) is 0 Å². The number of nitrogens with zero attached hydrogens (tertiary/aromatic N) is 3. The molecule has 27 heavy (non-hydrogen) atoms. The maximum atomic E-state index is 12.8. The maximum absolute atomic E-state index is 12.8. The van der Waals surface area contributed by atoms with Crippen LogP contribution in [0.15, 0.2) is 28.9 Å². The normalized spacial score (nSPS) is 13.7.